The van der Waals surface area contributed by atoms with E-state index in [9.17, 15) is 9.50 Å². The molecular weight excluding hydrogens is 183 g/mol. The Labute approximate surface area is 82.0 Å². The largest absolute Gasteiger partial charge is 0.387 e. The van der Waals surface area contributed by atoms with Crippen LogP contribution in [0.2, 0.25) is 0 Å². The van der Waals surface area contributed by atoms with Gasteiger partial charge in [0.15, 0.2) is 0 Å². The Balaban J connectivity index is 1.95. The van der Waals surface area contributed by atoms with Crippen LogP contribution in [0.15, 0.2) is 18.5 Å². The Hall–Kier alpha value is -1.00. The number of halogens is 1. The minimum absolute atomic E-state index is 0.313. The monoisotopic (exact) mass is 196 g/mol. The van der Waals surface area contributed by atoms with Crippen LogP contribution in [0.1, 0.15) is 24.5 Å². The molecular formula is C10H13FN2O. The lowest BCUT2D eigenvalue weighted by molar-refractivity contribution is 0.169. The van der Waals surface area contributed by atoms with Crippen LogP contribution in [0.4, 0.5) is 4.39 Å². The van der Waals surface area contributed by atoms with Crippen LogP contribution in [-0.2, 0) is 0 Å². The van der Waals surface area contributed by atoms with Crippen LogP contribution in [0.25, 0.3) is 0 Å². The molecule has 1 aromatic rings. The molecule has 0 saturated heterocycles. The summed E-state index contributed by atoms with van der Waals surface area (Å²) in [7, 11) is 0. The van der Waals surface area contributed by atoms with Gasteiger partial charge in [0.2, 0.25) is 0 Å². The molecule has 0 bridgehead atoms. The molecule has 3 nitrogen and oxygen atoms in total. The zero-order valence-corrected chi connectivity index (χ0v) is 7.78. The lowest BCUT2D eigenvalue weighted by Crippen LogP contribution is -2.23. The third-order valence-electron chi connectivity index (χ3n) is 2.34. The molecule has 0 spiro atoms. The summed E-state index contributed by atoms with van der Waals surface area (Å²) in [5, 5.41) is 12.8. The summed E-state index contributed by atoms with van der Waals surface area (Å²) < 4.78 is 13.1. The van der Waals surface area contributed by atoms with Crippen LogP contribution in [-0.4, -0.2) is 22.7 Å². The first-order chi connectivity index (χ1) is 6.77. The predicted octanol–water partition coefficient (Wildman–Crippen LogP) is 1.01. The molecule has 0 aliphatic heterocycles. The molecule has 76 valence electrons. The van der Waals surface area contributed by atoms with E-state index in [-0.39, 0.29) is 0 Å². The highest BCUT2D eigenvalue weighted by atomic mass is 19.1. The minimum atomic E-state index is -0.779. The van der Waals surface area contributed by atoms with Crippen molar-refractivity contribution in [1.29, 1.82) is 0 Å². The fourth-order valence-electron chi connectivity index (χ4n) is 1.33. The summed E-state index contributed by atoms with van der Waals surface area (Å²) in [4.78, 5) is 3.63. The summed E-state index contributed by atoms with van der Waals surface area (Å²) in [6, 6.07) is 2.03. The van der Waals surface area contributed by atoms with Gasteiger partial charge in [-0.15, -0.1) is 0 Å². The summed E-state index contributed by atoms with van der Waals surface area (Å²) in [6.07, 6.45) is 4.14. The van der Waals surface area contributed by atoms with Crippen molar-refractivity contribution >= 4 is 0 Å². The summed E-state index contributed by atoms with van der Waals surface area (Å²) >= 11 is 0. The molecule has 0 radical (unpaired) electrons. The van der Waals surface area contributed by atoms with Gasteiger partial charge in [-0.25, -0.2) is 4.39 Å². The smallest absolute Gasteiger partial charge is 0.147 e. The predicted molar refractivity (Wildman–Crippen MR) is 50.2 cm³/mol. The fraction of sp³-hybridized carbons (Fsp3) is 0.500. The zero-order chi connectivity index (χ0) is 9.97. The minimum Gasteiger partial charge on any atom is -0.387 e. The highest BCUT2D eigenvalue weighted by Gasteiger charge is 2.22. The maximum Gasteiger partial charge on any atom is 0.147 e. The molecule has 1 aromatic heterocycles. The molecule has 2 N–H and O–H groups in total. The average molecular weight is 196 g/mol. The Morgan fingerprint density at radius 2 is 2.43 bits per heavy atom. The first kappa shape index (κ1) is 9.55. The van der Waals surface area contributed by atoms with Gasteiger partial charge in [0.05, 0.1) is 12.3 Å². The van der Waals surface area contributed by atoms with Gasteiger partial charge < -0.3 is 10.4 Å². The first-order valence-electron chi connectivity index (χ1n) is 4.78. The summed E-state index contributed by atoms with van der Waals surface area (Å²) in [5.41, 5.74) is 0.313. The Morgan fingerprint density at radius 3 is 3.07 bits per heavy atom. The van der Waals surface area contributed by atoms with Gasteiger partial charge in [-0.05, 0) is 18.9 Å². The van der Waals surface area contributed by atoms with Crippen molar-refractivity contribution in [1.82, 2.24) is 10.3 Å². The van der Waals surface area contributed by atoms with Gasteiger partial charge >= 0.3 is 0 Å². The van der Waals surface area contributed by atoms with Crippen molar-refractivity contribution in [3.05, 3.63) is 29.8 Å². The van der Waals surface area contributed by atoms with Crippen molar-refractivity contribution in [3.8, 4) is 0 Å². The van der Waals surface area contributed by atoms with Crippen molar-refractivity contribution in [2.45, 2.75) is 25.0 Å². The summed E-state index contributed by atoms with van der Waals surface area (Å²) in [6.45, 7) is 0.408. The number of hydrogen-bond donors (Lipinski definition) is 2. The molecule has 1 aliphatic carbocycles. The van der Waals surface area contributed by atoms with Gasteiger partial charge in [0.1, 0.15) is 5.82 Å². The Morgan fingerprint density at radius 1 is 1.64 bits per heavy atom. The van der Waals surface area contributed by atoms with Crippen LogP contribution >= 0.6 is 0 Å². The normalized spacial score (nSPS) is 18.1. The average Bonchev–Trinajstić information content (AvgIpc) is 2.98. The molecule has 14 heavy (non-hydrogen) atoms. The molecule has 1 saturated carbocycles. The second-order valence-corrected chi connectivity index (χ2v) is 3.60. The lowest BCUT2D eigenvalue weighted by atomic mass is 10.1. The van der Waals surface area contributed by atoms with Crippen molar-refractivity contribution in [2.24, 2.45) is 0 Å². The maximum atomic E-state index is 13.1. The van der Waals surface area contributed by atoms with Crippen molar-refractivity contribution in [2.75, 3.05) is 6.54 Å². The number of pyridine rings is 1. The SMILES string of the molecule is OC(CNC1CC1)c1ccncc1F. The second-order valence-electron chi connectivity index (χ2n) is 3.60. The van der Waals surface area contributed by atoms with E-state index in [1.165, 1.54) is 12.3 Å². The number of rotatable bonds is 4. The van der Waals surface area contributed by atoms with E-state index in [2.05, 4.69) is 10.3 Å². The van der Waals surface area contributed by atoms with Crippen LogP contribution in [0.5, 0.6) is 0 Å². The quantitative estimate of drug-likeness (QED) is 0.755. The molecule has 1 atom stereocenters. The molecule has 0 aromatic carbocycles. The molecule has 1 unspecified atom stereocenters. The zero-order valence-electron chi connectivity index (χ0n) is 7.78. The maximum absolute atomic E-state index is 13.1. The van der Waals surface area contributed by atoms with E-state index in [1.807, 2.05) is 0 Å². The molecule has 1 heterocycles. The van der Waals surface area contributed by atoms with Gasteiger partial charge in [-0.2, -0.15) is 0 Å². The van der Waals surface area contributed by atoms with Crippen LogP contribution in [0.3, 0.4) is 0 Å². The molecule has 1 fully saturated rings. The topological polar surface area (TPSA) is 45.1 Å². The van der Waals surface area contributed by atoms with E-state index in [4.69, 9.17) is 0 Å². The molecule has 2 rings (SSSR count). The second kappa shape index (κ2) is 4.02. The number of nitrogens with zero attached hydrogens (tertiary/aromatic N) is 1. The van der Waals surface area contributed by atoms with Gasteiger partial charge in [-0.1, -0.05) is 0 Å². The Bertz CT molecular complexity index is 315. The standard InChI is InChI=1S/C10H13FN2O/c11-9-5-12-4-3-8(9)10(14)6-13-7-1-2-7/h3-5,7,10,13-14H,1-2,6H2. The van der Waals surface area contributed by atoms with E-state index in [0.717, 1.165) is 19.0 Å². The van der Waals surface area contributed by atoms with Crippen molar-refractivity contribution < 1.29 is 9.50 Å². The number of nitrogens with one attached hydrogen (secondary N) is 1. The molecule has 4 heteroatoms. The first-order valence-corrected chi connectivity index (χ1v) is 4.78. The van der Waals surface area contributed by atoms with E-state index < -0.39 is 11.9 Å². The molecule has 0 amide bonds. The highest BCUT2D eigenvalue weighted by molar-refractivity contribution is 5.15. The third-order valence-corrected chi connectivity index (χ3v) is 2.34. The van der Waals surface area contributed by atoms with E-state index in [1.54, 1.807) is 0 Å². The number of aliphatic hydroxyl groups excluding tert-OH is 1. The number of hydrogen-bond acceptors (Lipinski definition) is 3. The Kier molecular flexibility index (Phi) is 2.74. The summed E-state index contributed by atoms with van der Waals surface area (Å²) in [5.74, 6) is -0.447. The van der Waals surface area contributed by atoms with Gasteiger partial charge in [0.25, 0.3) is 0 Å². The fourth-order valence-corrected chi connectivity index (χ4v) is 1.33. The third kappa shape index (κ3) is 2.27. The van der Waals surface area contributed by atoms with Gasteiger partial charge in [0, 0.05) is 24.3 Å². The highest BCUT2D eigenvalue weighted by Crippen LogP contribution is 2.20. The van der Waals surface area contributed by atoms with Gasteiger partial charge in [-0.3, -0.25) is 4.98 Å². The van der Waals surface area contributed by atoms with E-state index >= 15 is 0 Å². The van der Waals surface area contributed by atoms with Crippen molar-refractivity contribution in [3.63, 3.8) is 0 Å². The number of aromatic nitrogens is 1. The van der Waals surface area contributed by atoms with E-state index in [0.29, 0.717) is 18.2 Å². The van der Waals surface area contributed by atoms with Crippen LogP contribution in [0, 0.1) is 5.82 Å². The molecule has 1 aliphatic rings. The van der Waals surface area contributed by atoms with Crippen LogP contribution < -0.4 is 5.32 Å². The lowest BCUT2D eigenvalue weighted by Gasteiger charge is -2.11. The number of aliphatic hydroxyl groups is 1.